The molecule has 1 aromatic heterocycles. The predicted octanol–water partition coefficient (Wildman–Crippen LogP) is 2.08. The first-order chi connectivity index (χ1) is 11.4. The summed E-state index contributed by atoms with van der Waals surface area (Å²) in [6.45, 7) is 2.80. The maximum absolute atomic E-state index is 12.5. The largest absolute Gasteiger partial charge is 0.472 e. The Morgan fingerprint density at radius 3 is 2.62 bits per heavy atom. The Hall–Kier alpha value is -1.83. The van der Waals surface area contributed by atoms with Crippen LogP contribution in [0.15, 0.2) is 18.3 Å². The number of halogens is 3. The Kier molecular flexibility index (Phi) is 4.93. The van der Waals surface area contributed by atoms with Crippen molar-refractivity contribution in [3.8, 4) is 5.88 Å². The third-order valence-electron chi connectivity index (χ3n) is 4.50. The smallest absolute Gasteiger partial charge is 0.417 e. The second-order valence-electron chi connectivity index (χ2n) is 6.22. The summed E-state index contributed by atoms with van der Waals surface area (Å²) >= 11 is 0. The maximum atomic E-state index is 12.5. The number of pyridine rings is 1. The second-order valence-corrected chi connectivity index (χ2v) is 6.22. The van der Waals surface area contributed by atoms with E-state index in [2.05, 4.69) is 10.3 Å². The van der Waals surface area contributed by atoms with Crippen LogP contribution < -0.4 is 10.1 Å². The third-order valence-corrected chi connectivity index (χ3v) is 4.50. The fourth-order valence-electron chi connectivity index (χ4n) is 3.14. The van der Waals surface area contributed by atoms with Crippen molar-refractivity contribution in [2.75, 3.05) is 26.2 Å². The summed E-state index contributed by atoms with van der Waals surface area (Å²) in [5.41, 5.74) is -0.802. The topological polar surface area (TPSA) is 54.5 Å². The van der Waals surface area contributed by atoms with E-state index >= 15 is 0 Å². The van der Waals surface area contributed by atoms with Gasteiger partial charge in [-0.15, -0.1) is 0 Å². The van der Waals surface area contributed by atoms with Gasteiger partial charge in [0.05, 0.1) is 12.1 Å². The summed E-state index contributed by atoms with van der Waals surface area (Å²) in [6, 6.07) is 2.18. The van der Waals surface area contributed by atoms with E-state index in [1.165, 1.54) is 6.07 Å². The first kappa shape index (κ1) is 17.0. The SMILES string of the molecule is O=C(C1CCNCC1)N1CC[C@H](Oc2ccc(C(F)(F)F)cn2)C1. The molecule has 132 valence electrons. The lowest BCUT2D eigenvalue weighted by Gasteiger charge is -2.26. The molecule has 2 aliphatic rings. The number of aromatic nitrogens is 1. The van der Waals surface area contributed by atoms with E-state index in [9.17, 15) is 18.0 Å². The minimum Gasteiger partial charge on any atom is -0.472 e. The van der Waals surface area contributed by atoms with E-state index in [1.807, 2.05) is 0 Å². The molecular weight excluding hydrogens is 323 g/mol. The zero-order valence-corrected chi connectivity index (χ0v) is 13.2. The summed E-state index contributed by atoms with van der Waals surface area (Å²) in [7, 11) is 0. The van der Waals surface area contributed by atoms with Crippen molar-refractivity contribution < 1.29 is 22.7 Å². The second kappa shape index (κ2) is 6.96. The molecule has 0 aromatic carbocycles. The van der Waals surface area contributed by atoms with E-state index in [1.54, 1.807) is 4.90 Å². The lowest BCUT2D eigenvalue weighted by molar-refractivity contribution is -0.138. The van der Waals surface area contributed by atoms with Gasteiger partial charge in [-0.2, -0.15) is 13.2 Å². The van der Waals surface area contributed by atoms with Gasteiger partial charge >= 0.3 is 6.18 Å². The number of rotatable bonds is 3. The Balaban J connectivity index is 1.53. The molecule has 2 aliphatic heterocycles. The fourth-order valence-corrected chi connectivity index (χ4v) is 3.14. The standard InChI is InChI=1S/C16H20F3N3O2/c17-16(18,19)12-1-2-14(21-9-12)24-13-5-8-22(10-13)15(23)11-3-6-20-7-4-11/h1-2,9,11,13,20H,3-8,10H2/t13-/m0/s1. The lowest BCUT2D eigenvalue weighted by atomic mass is 9.97. The number of hydrogen-bond acceptors (Lipinski definition) is 4. The molecule has 1 N–H and O–H groups in total. The highest BCUT2D eigenvalue weighted by Crippen LogP contribution is 2.29. The molecule has 24 heavy (non-hydrogen) atoms. The highest BCUT2D eigenvalue weighted by Gasteiger charge is 2.33. The van der Waals surface area contributed by atoms with Crippen LogP contribution in [0.5, 0.6) is 5.88 Å². The van der Waals surface area contributed by atoms with Crippen LogP contribution in [0, 0.1) is 5.92 Å². The van der Waals surface area contributed by atoms with Gasteiger partial charge < -0.3 is 15.0 Å². The molecule has 1 amide bonds. The third kappa shape index (κ3) is 3.98. The Labute approximate surface area is 138 Å². The van der Waals surface area contributed by atoms with Crippen LogP contribution in [-0.2, 0) is 11.0 Å². The number of piperidine rings is 1. The molecule has 8 heteroatoms. The summed E-state index contributed by atoms with van der Waals surface area (Å²) < 4.78 is 43.2. The summed E-state index contributed by atoms with van der Waals surface area (Å²) in [6.07, 6.45) is -1.50. The van der Waals surface area contributed by atoms with Gasteiger partial charge in [0.2, 0.25) is 11.8 Å². The Morgan fingerprint density at radius 2 is 2.00 bits per heavy atom. The number of nitrogens with zero attached hydrogens (tertiary/aromatic N) is 2. The minimum absolute atomic E-state index is 0.0641. The van der Waals surface area contributed by atoms with E-state index in [-0.39, 0.29) is 23.8 Å². The Morgan fingerprint density at radius 1 is 1.25 bits per heavy atom. The van der Waals surface area contributed by atoms with Crippen molar-refractivity contribution >= 4 is 5.91 Å². The molecule has 5 nitrogen and oxygen atoms in total. The molecule has 0 bridgehead atoms. The van der Waals surface area contributed by atoms with Crippen LogP contribution in [0.4, 0.5) is 13.2 Å². The van der Waals surface area contributed by atoms with Crippen LogP contribution in [0.25, 0.3) is 0 Å². The number of carbonyl (C=O) groups excluding carboxylic acids is 1. The molecule has 3 heterocycles. The first-order valence-corrected chi connectivity index (χ1v) is 8.13. The molecule has 2 saturated heterocycles. The molecule has 1 atom stereocenters. The monoisotopic (exact) mass is 343 g/mol. The van der Waals surface area contributed by atoms with Crippen molar-refractivity contribution in [1.29, 1.82) is 0 Å². The number of likely N-dealkylation sites (tertiary alicyclic amines) is 1. The quantitative estimate of drug-likeness (QED) is 0.913. The van der Waals surface area contributed by atoms with Gasteiger partial charge in [-0.1, -0.05) is 0 Å². The van der Waals surface area contributed by atoms with Crippen molar-refractivity contribution in [3.05, 3.63) is 23.9 Å². The molecular formula is C16H20F3N3O2. The van der Waals surface area contributed by atoms with Gasteiger partial charge in [0.15, 0.2) is 0 Å². The number of nitrogens with one attached hydrogen (secondary N) is 1. The van der Waals surface area contributed by atoms with E-state index in [0.717, 1.165) is 38.2 Å². The predicted molar refractivity (Wildman–Crippen MR) is 80.4 cm³/mol. The number of carbonyl (C=O) groups is 1. The maximum Gasteiger partial charge on any atom is 0.417 e. The van der Waals surface area contributed by atoms with Crippen LogP contribution in [0.1, 0.15) is 24.8 Å². The molecule has 0 unspecified atom stereocenters. The highest BCUT2D eigenvalue weighted by atomic mass is 19.4. The molecule has 0 saturated carbocycles. The van der Waals surface area contributed by atoms with E-state index in [0.29, 0.717) is 19.5 Å². The molecule has 3 rings (SSSR count). The van der Waals surface area contributed by atoms with Crippen molar-refractivity contribution in [2.24, 2.45) is 5.92 Å². The lowest BCUT2D eigenvalue weighted by Crippen LogP contribution is -2.40. The van der Waals surface area contributed by atoms with Gasteiger partial charge in [0.25, 0.3) is 0 Å². The van der Waals surface area contributed by atoms with Crippen LogP contribution in [-0.4, -0.2) is 48.1 Å². The summed E-state index contributed by atoms with van der Waals surface area (Å²) in [4.78, 5) is 18.0. The molecule has 1 aromatic rings. The van der Waals surface area contributed by atoms with E-state index in [4.69, 9.17) is 4.74 Å². The van der Waals surface area contributed by atoms with Gasteiger partial charge in [-0.3, -0.25) is 4.79 Å². The zero-order valence-electron chi connectivity index (χ0n) is 13.2. The first-order valence-electron chi connectivity index (χ1n) is 8.13. The average molecular weight is 343 g/mol. The van der Waals surface area contributed by atoms with Gasteiger partial charge in [0.1, 0.15) is 6.10 Å². The van der Waals surface area contributed by atoms with Crippen molar-refractivity contribution in [3.63, 3.8) is 0 Å². The van der Waals surface area contributed by atoms with Gasteiger partial charge in [-0.05, 0) is 32.0 Å². The normalized spacial score (nSPS) is 22.6. The number of hydrogen-bond donors (Lipinski definition) is 1. The van der Waals surface area contributed by atoms with Gasteiger partial charge in [-0.25, -0.2) is 4.98 Å². The highest BCUT2D eigenvalue weighted by molar-refractivity contribution is 5.79. The summed E-state index contributed by atoms with van der Waals surface area (Å²) in [5, 5.41) is 3.23. The van der Waals surface area contributed by atoms with Crippen molar-refractivity contribution in [1.82, 2.24) is 15.2 Å². The molecule has 0 aliphatic carbocycles. The van der Waals surface area contributed by atoms with Crippen molar-refractivity contribution in [2.45, 2.75) is 31.5 Å². The van der Waals surface area contributed by atoms with Crippen LogP contribution in [0.3, 0.4) is 0 Å². The molecule has 0 spiro atoms. The van der Waals surface area contributed by atoms with Gasteiger partial charge in [0, 0.05) is 31.1 Å². The Bertz CT molecular complexity index is 571. The van der Waals surface area contributed by atoms with E-state index < -0.39 is 11.7 Å². The van der Waals surface area contributed by atoms with Crippen LogP contribution >= 0.6 is 0 Å². The average Bonchev–Trinajstić information content (AvgIpc) is 3.03. The number of alkyl halides is 3. The molecule has 0 radical (unpaired) electrons. The zero-order chi connectivity index (χ0) is 17.2. The van der Waals surface area contributed by atoms with Crippen LogP contribution in [0.2, 0.25) is 0 Å². The number of ether oxygens (including phenoxy) is 1. The number of amides is 1. The minimum atomic E-state index is -4.41. The fraction of sp³-hybridized carbons (Fsp3) is 0.625. The molecule has 2 fully saturated rings. The summed E-state index contributed by atoms with van der Waals surface area (Å²) in [5.74, 6) is 0.376.